The van der Waals surface area contributed by atoms with Gasteiger partial charge in [0.1, 0.15) is 0 Å². The van der Waals surface area contributed by atoms with Crippen molar-refractivity contribution in [1.29, 1.82) is 0 Å². The van der Waals surface area contributed by atoms with Crippen LogP contribution in [0.2, 0.25) is 0 Å². The van der Waals surface area contributed by atoms with Crippen LogP contribution in [0.1, 0.15) is 50.7 Å². The van der Waals surface area contributed by atoms with E-state index in [-0.39, 0.29) is 0 Å². The Morgan fingerprint density at radius 3 is 2.18 bits per heavy atom. The Hall–Kier alpha value is -0.860. The zero-order valence-electron chi connectivity index (χ0n) is 14.4. The molecule has 2 unspecified atom stereocenters. The Bertz CT molecular complexity index is 445. The van der Waals surface area contributed by atoms with Gasteiger partial charge >= 0.3 is 0 Å². The molecule has 0 amide bonds. The number of aryl methyl sites for hydroxylation is 1. The van der Waals surface area contributed by atoms with Crippen molar-refractivity contribution in [3.63, 3.8) is 0 Å². The van der Waals surface area contributed by atoms with Gasteiger partial charge in [-0.05, 0) is 36.3 Å². The molecule has 1 aromatic carbocycles. The van der Waals surface area contributed by atoms with E-state index in [1.165, 1.54) is 63.0 Å². The van der Waals surface area contributed by atoms with E-state index in [2.05, 4.69) is 47.9 Å². The first-order chi connectivity index (χ1) is 10.8. The Labute approximate surface area is 136 Å². The number of hydrogen-bond donors (Lipinski definition) is 0. The summed E-state index contributed by atoms with van der Waals surface area (Å²) in [6.07, 6.45) is 6.90. The molecule has 1 saturated carbocycles. The van der Waals surface area contributed by atoms with Crippen molar-refractivity contribution in [3.05, 3.63) is 35.4 Å². The van der Waals surface area contributed by atoms with E-state index in [0.29, 0.717) is 0 Å². The van der Waals surface area contributed by atoms with Crippen LogP contribution < -0.4 is 0 Å². The maximum absolute atomic E-state index is 2.78. The summed E-state index contributed by atoms with van der Waals surface area (Å²) >= 11 is 0. The molecule has 1 aliphatic heterocycles. The number of hydrogen-bond acceptors (Lipinski definition) is 2. The van der Waals surface area contributed by atoms with Gasteiger partial charge in [0.2, 0.25) is 0 Å². The van der Waals surface area contributed by atoms with Crippen LogP contribution in [0.3, 0.4) is 0 Å². The van der Waals surface area contributed by atoms with Crippen molar-refractivity contribution in [1.82, 2.24) is 9.80 Å². The number of benzene rings is 1. The van der Waals surface area contributed by atoms with E-state index in [9.17, 15) is 0 Å². The first-order valence-electron chi connectivity index (χ1n) is 9.30. The third kappa shape index (κ3) is 3.91. The highest BCUT2D eigenvalue weighted by Crippen LogP contribution is 2.28. The van der Waals surface area contributed by atoms with Crippen LogP contribution in [0.25, 0.3) is 0 Å². The number of rotatable bonds is 4. The van der Waals surface area contributed by atoms with E-state index in [0.717, 1.165) is 24.9 Å². The molecule has 0 spiro atoms. The fraction of sp³-hybridized carbons (Fsp3) is 0.700. The summed E-state index contributed by atoms with van der Waals surface area (Å²) in [5.74, 6) is 0.905. The van der Waals surface area contributed by atoms with Gasteiger partial charge in [0.05, 0.1) is 0 Å². The number of piperazine rings is 1. The molecule has 1 saturated heterocycles. The Kier molecular flexibility index (Phi) is 5.54. The van der Waals surface area contributed by atoms with Crippen LogP contribution in [0.5, 0.6) is 0 Å². The van der Waals surface area contributed by atoms with Gasteiger partial charge in [0, 0.05) is 38.8 Å². The lowest BCUT2D eigenvalue weighted by molar-refractivity contribution is 0.0518. The maximum Gasteiger partial charge on any atom is 0.0234 e. The zero-order chi connectivity index (χ0) is 15.4. The molecule has 22 heavy (non-hydrogen) atoms. The smallest absolute Gasteiger partial charge is 0.0234 e. The van der Waals surface area contributed by atoms with E-state index in [1.807, 2.05) is 0 Å². The van der Waals surface area contributed by atoms with E-state index in [1.54, 1.807) is 0 Å². The van der Waals surface area contributed by atoms with Crippen LogP contribution in [-0.2, 0) is 13.0 Å². The standard InChI is InChI=1S/C20H32N2/c1-3-18-8-10-19(11-9-18)16-21-12-14-22(15-13-21)20-7-5-4-6-17(20)2/h8-11,17,20H,3-7,12-16H2,1-2H3. The quantitative estimate of drug-likeness (QED) is 0.831. The largest absolute Gasteiger partial charge is 0.298 e. The van der Waals surface area contributed by atoms with Crippen LogP contribution in [0, 0.1) is 5.92 Å². The van der Waals surface area contributed by atoms with Crippen molar-refractivity contribution >= 4 is 0 Å². The van der Waals surface area contributed by atoms with Crippen LogP contribution >= 0.6 is 0 Å². The van der Waals surface area contributed by atoms with Gasteiger partial charge in [0.15, 0.2) is 0 Å². The average Bonchev–Trinajstić information content (AvgIpc) is 2.57. The van der Waals surface area contributed by atoms with Crippen molar-refractivity contribution in [2.45, 2.75) is 58.5 Å². The molecular weight excluding hydrogens is 268 g/mol. The summed E-state index contributed by atoms with van der Waals surface area (Å²) in [6.45, 7) is 10.8. The lowest BCUT2D eigenvalue weighted by atomic mass is 9.84. The molecule has 2 aliphatic rings. The first kappa shape index (κ1) is 16.0. The van der Waals surface area contributed by atoms with Crippen molar-refractivity contribution < 1.29 is 0 Å². The predicted octanol–water partition coefficient (Wildman–Crippen LogP) is 3.95. The molecular formula is C20H32N2. The summed E-state index contributed by atoms with van der Waals surface area (Å²) in [5, 5.41) is 0. The fourth-order valence-corrected chi connectivity index (χ4v) is 4.23. The molecule has 2 fully saturated rings. The monoisotopic (exact) mass is 300 g/mol. The van der Waals surface area contributed by atoms with Crippen LogP contribution in [-0.4, -0.2) is 42.0 Å². The molecule has 3 rings (SSSR count). The third-order valence-corrected chi connectivity index (χ3v) is 5.78. The fourth-order valence-electron chi connectivity index (χ4n) is 4.23. The minimum Gasteiger partial charge on any atom is -0.298 e. The summed E-state index contributed by atoms with van der Waals surface area (Å²) < 4.78 is 0. The van der Waals surface area contributed by atoms with Crippen molar-refractivity contribution in [3.8, 4) is 0 Å². The zero-order valence-corrected chi connectivity index (χ0v) is 14.4. The van der Waals surface area contributed by atoms with Crippen molar-refractivity contribution in [2.75, 3.05) is 26.2 Å². The van der Waals surface area contributed by atoms with E-state index < -0.39 is 0 Å². The van der Waals surface area contributed by atoms with Crippen LogP contribution in [0.15, 0.2) is 24.3 Å². The van der Waals surface area contributed by atoms with Gasteiger partial charge in [-0.2, -0.15) is 0 Å². The Morgan fingerprint density at radius 1 is 0.909 bits per heavy atom. The van der Waals surface area contributed by atoms with Crippen molar-refractivity contribution in [2.24, 2.45) is 5.92 Å². The van der Waals surface area contributed by atoms with Gasteiger partial charge in [-0.1, -0.05) is 51.0 Å². The molecule has 1 aromatic rings. The SMILES string of the molecule is CCc1ccc(CN2CCN(C3CCCCC3C)CC2)cc1. The summed E-state index contributed by atoms with van der Waals surface area (Å²) in [6, 6.07) is 10.1. The first-order valence-corrected chi connectivity index (χ1v) is 9.30. The average molecular weight is 300 g/mol. The molecule has 0 N–H and O–H groups in total. The minimum absolute atomic E-state index is 0.861. The Balaban J connectivity index is 1.48. The Morgan fingerprint density at radius 2 is 1.55 bits per heavy atom. The highest BCUT2D eigenvalue weighted by molar-refractivity contribution is 5.22. The molecule has 1 heterocycles. The van der Waals surface area contributed by atoms with E-state index in [4.69, 9.17) is 0 Å². The predicted molar refractivity (Wildman–Crippen MR) is 94.1 cm³/mol. The lowest BCUT2D eigenvalue weighted by Gasteiger charge is -2.43. The van der Waals surface area contributed by atoms with Gasteiger partial charge in [-0.15, -0.1) is 0 Å². The van der Waals surface area contributed by atoms with Crippen LogP contribution in [0.4, 0.5) is 0 Å². The van der Waals surface area contributed by atoms with E-state index >= 15 is 0 Å². The van der Waals surface area contributed by atoms with Gasteiger partial charge in [0.25, 0.3) is 0 Å². The third-order valence-electron chi connectivity index (χ3n) is 5.78. The second-order valence-corrected chi connectivity index (χ2v) is 7.31. The summed E-state index contributed by atoms with van der Waals surface area (Å²) in [4.78, 5) is 5.41. The summed E-state index contributed by atoms with van der Waals surface area (Å²) in [5.41, 5.74) is 2.91. The molecule has 122 valence electrons. The normalized spacial score (nSPS) is 27.9. The molecule has 2 atom stereocenters. The molecule has 2 heteroatoms. The molecule has 0 radical (unpaired) electrons. The molecule has 2 nitrogen and oxygen atoms in total. The lowest BCUT2D eigenvalue weighted by Crippen LogP contribution is -2.52. The van der Waals surface area contributed by atoms with Gasteiger partial charge < -0.3 is 0 Å². The van der Waals surface area contributed by atoms with Gasteiger partial charge in [-0.25, -0.2) is 0 Å². The second kappa shape index (κ2) is 7.61. The highest BCUT2D eigenvalue weighted by Gasteiger charge is 2.29. The molecule has 1 aliphatic carbocycles. The maximum atomic E-state index is 2.78. The molecule has 0 aromatic heterocycles. The second-order valence-electron chi connectivity index (χ2n) is 7.31. The summed E-state index contributed by atoms with van der Waals surface area (Å²) in [7, 11) is 0. The van der Waals surface area contributed by atoms with Gasteiger partial charge in [-0.3, -0.25) is 9.80 Å². The highest BCUT2D eigenvalue weighted by atomic mass is 15.3. The molecule has 0 bridgehead atoms. The number of nitrogens with zero attached hydrogens (tertiary/aromatic N) is 2. The minimum atomic E-state index is 0.861. The topological polar surface area (TPSA) is 6.48 Å².